The largest absolute Gasteiger partial charge is 0.488 e. The van der Waals surface area contributed by atoms with Crippen molar-refractivity contribution in [2.75, 3.05) is 0 Å². The van der Waals surface area contributed by atoms with E-state index < -0.39 is 0 Å². The lowest BCUT2D eigenvalue weighted by Gasteiger charge is -2.11. The summed E-state index contributed by atoms with van der Waals surface area (Å²) in [5.74, 6) is 1.24. The number of rotatable bonds is 6. The number of aromatic nitrogens is 2. The van der Waals surface area contributed by atoms with E-state index in [0.29, 0.717) is 45.2 Å². The Bertz CT molecular complexity index is 2000. The van der Waals surface area contributed by atoms with Crippen molar-refractivity contribution >= 4 is 87.5 Å². The molecule has 0 N–H and O–H groups in total. The first-order valence-corrected chi connectivity index (χ1v) is 14.7. The standard InChI is InChI=1S/C30H17Br3ClN3O3/c31-20-7-9-27-18(11-20)13-28(40-27)29-36-25-4-2-1-3-23(25)30(38)37(29)35-15-19-12-22(34)8-10-26(19)39-16-17-5-6-21(32)14-24(17)33/h1-15H,16H2. The lowest BCUT2D eigenvalue weighted by molar-refractivity contribution is 0.305. The van der Waals surface area contributed by atoms with E-state index in [9.17, 15) is 4.79 Å². The molecule has 0 aliphatic heterocycles. The van der Waals surface area contributed by atoms with Gasteiger partial charge in [-0.3, -0.25) is 4.79 Å². The minimum absolute atomic E-state index is 0.274. The maximum absolute atomic E-state index is 13.6. The summed E-state index contributed by atoms with van der Waals surface area (Å²) in [6.45, 7) is 0.313. The highest BCUT2D eigenvalue weighted by Crippen LogP contribution is 2.30. The summed E-state index contributed by atoms with van der Waals surface area (Å²) < 4.78 is 16.3. The molecular formula is C30H17Br3ClN3O3. The van der Waals surface area contributed by atoms with Gasteiger partial charge >= 0.3 is 0 Å². The minimum Gasteiger partial charge on any atom is -0.488 e. The Kier molecular flexibility index (Phi) is 7.63. The first-order valence-electron chi connectivity index (χ1n) is 12.0. The van der Waals surface area contributed by atoms with Gasteiger partial charge in [-0.15, -0.1) is 0 Å². The molecule has 6 nitrogen and oxygen atoms in total. The predicted octanol–water partition coefficient (Wildman–Crippen LogP) is 9.21. The zero-order chi connectivity index (χ0) is 27.8. The fourth-order valence-corrected chi connectivity index (χ4v) is 5.90. The van der Waals surface area contributed by atoms with Crippen LogP contribution in [0.25, 0.3) is 33.5 Å². The highest BCUT2D eigenvalue weighted by Gasteiger charge is 2.17. The first kappa shape index (κ1) is 27.0. The normalized spacial score (nSPS) is 11.6. The predicted molar refractivity (Wildman–Crippen MR) is 170 cm³/mol. The summed E-state index contributed by atoms with van der Waals surface area (Å²) in [7, 11) is 0. The van der Waals surface area contributed by atoms with Crippen molar-refractivity contribution < 1.29 is 9.15 Å². The maximum Gasteiger partial charge on any atom is 0.282 e. The van der Waals surface area contributed by atoms with Gasteiger partial charge in [0.1, 0.15) is 17.9 Å². The third kappa shape index (κ3) is 5.51. The van der Waals surface area contributed by atoms with Crippen molar-refractivity contribution in [3.63, 3.8) is 0 Å². The molecule has 198 valence electrons. The van der Waals surface area contributed by atoms with Gasteiger partial charge in [-0.05, 0) is 66.7 Å². The summed E-state index contributed by atoms with van der Waals surface area (Å²) >= 11 is 16.9. The number of hydrogen-bond donors (Lipinski definition) is 0. The van der Waals surface area contributed by atoms with E-state index in [4.69, 9.17) is 25.7 Å². The molecule has 0 spiro atoms. The summed E-state index contributed by atoms with van der Waals surface area (Å²) in [6.07, 6.45) is 1.54. The van der Waals surface area contributed by atoms with Crippen LogP contribution in [0.3, 0.4) is 0 Å². The third-order valence-electron chi connectivity index (χ3n) is 6.13. The highest BCUT2D eigenvalue weighted by atomic mass is 79.9. The van der Waals surface area contributed by atoms with Crippen LogP contribution in [0.15, 0.2) is 113 Å². The number of halogens is 4. The maximum atomic E-state index is 13.6. The summed E-state index contributed by atoms with van der Waals surface area (Å²) in [5.41, 5.74) is 2.44. The van der Waals surface area contributed by atoms with E-state index in [1.807, 2.05) is 48.5 Å². The molecule has 6 rings (SSSR count). The highest BCUT2D eigenvalue weighted by molar-refractivity contribution is 9.11. The SMILES string of the molecule is O=c1c2ccccc2nc(-c2cc3cc(Br)ccc3o2)n1N=Cc1cc(Cl)ccc1OCc1ccc(Br)cc1Br. The Morgan fingerprint density at radius 2 is 1.75 bits per heavy atom. The molecule has 0 radical (unpaired) electrons. The van der Waals surface area contributed by atoms with Crippen molar-refractivity contribution in [1.82, 2.24) is 9.66 Å². The van der Waals surface area contributed by atoms with Crippen LogP contribution in [0, 0.1) is 0 Å². The lowest BCUT2D eigenvalue weighted by atomic mass is 10.2. The van der Waals surface area contributed by atoms with Crippen molar-refractivity contribution in [3.8, 4) is 17.3 Å². The van der Waals surface area contributed by atoms with Crippen molar-refractivity contribution in [1.29, 1.82) is 0 Å². The molecule has 0 aliphatic rings. The monoisotopic (exact) mass is 739 g/mol. The molecule has 0 saturated carbocycles. The molecule has 4 aromatic carbocycles. The van der Waals surface area contributed by atoms with Crippen molar-refractivity contribution in [2.45, 2.75) is 6.61 Å². The van der Waals surface area contributed by atoms with Crippen molar-refractivity contribution in [2.24, 2.45) is 5.10 Å². The van der Waals surface area contributed by atoms with E-state index in [-0.39, 0.29) is 11.4 Å². The third-order valence-corrected chi connectivity index (χ3v) is 8.09. The summed E-state index contributed by atoms with van der Waals surface area (Å²) in [6, 6.07) is 25.8. The molecule has 0 saturated heterocycles. The van der Waals surface area contributed by atoms with Gasteiger partial charge in [-0.2, -0.15) is 9.78 Å². The number of hydrogen-bond acceptors (Lipinski definition) is 5. The Balaban J connectivity index is 1.43. The van der Waals surface area contributed by atoms with Crippen LogP contribution in [0.2, 0.25) is 5.02 Å². The molecule has 2 aromatic heterocycles. The van der Waals surface area contributed by atoms with Gasteiger partial charge in [0.25, 0.3) is 5.56 Å². The summed E-state index contributed by atoms with van der Waals surface area (Å²) in [5, 5.41) is 6.38. The van der Waals surface area contributed by atoms with Crippen molar-refractivity contribution in [3.05, 3.63) is 125 Å². The average molecular weight is 743 g/mol. The molecule has 0 fully saturated rings. The molecule has 40 heavy (non-hydrogen) atoms. The van der Waals surface area contributed by atoms with E-state index in [1.165, 1.54) is 4.68 Å². The molecule has 0 amide bonds. The molecule has 0 atom stereocenters. The van der Waals surface area contributed by atoms with Crippen LogP contribution in [-0.2, 0) is 6.61 Å². The zero-order valence-electron chi connectivity index (χ0n) is 20.4. The fraction of sp³-hybridized carbons (Fsp3) is 0.0333. The van der Waals surface area contributed by atoms with Gasteiger partial charge < -0.3 is 9.15 Å². The molecule has 0 unspecified atom stereocenters. The number of para-hydroxylation sites is 1. The smallest absolute Gasteiger partial charge is 0.282 e. The zero-order valence-corrected chi connectivity index (χ0v) is 26.0. The van der Waals surface area contributed by atoms with E-state index in [2.05, 4.69) is 52.9 Å². The van der Waals surface area contributed by atoms with Crippen LogP contribution in [-0.4, -0.2) is 15.9 Å². The van der Waals surface area contributed by atoms with Crippen LogP contribution in [0.4, 0.5) is 0 Å². The molecule has 2 heterocycles. The molecule has 10 heteroatoms. The van der Waals surface area contributed by atoms with Gasteiger partial charge in [0.2, 0.25) is 5.82 Å². The quantitative estimate of drug-likeness (QED) is 0.160. The molecule has 6 aromatic rings. The fourth-order valence-electron chi connectivity index (χ4n) is 4.18. The van der Waals surface area contributed by atoms with E-state index in [1.54, 1.807) is 42.6 Å². The Morgan fingerprint density at radius 1 is 0.950 bits per heavy atom. The minimum atomic E-state index is -0.332. The number of fused-ring (bicyclic) bond motifs is 2. The van der Waals surface area contributed by atoms with Gasteiger partial charge in [-0.1, -0.05) is 77.6 Å². The lowest BCUT2D eigenvalue weighted by Crippen LogP contribution is -2.20. The summed E-state index contributed by atoms with van der Waals surface area (Å²) in [4.78, 5) is 18.4. The number of furan rings is 1. The van der Waals surface area contributed by atoms with E-state index >= 15 is 0 Å². The van der Waals surface area contributed by atoms with Crippen LogP contribution in [0.1, 0.15) is 11.1 Å². The Morgan fingerprint density at radius 3 is 2.60 bits per heavy atom. The van der Waals surface area contributed by atoms with Gasteiger partial charge in [-0.25, -0.2) is 4.98 Å². The van der Waals surface area contributed by atoms with Crippen LogP contribution in [0.5, 0.6) is 5.75 Å². The number of benzene rings is 4. The average Bonchev–Trinajstić information content (AvgIpc) is 3.36. The van der Waals surface area contributed by atoms with Crippen LogP contribution >= 0.6 is 59.4 Å². The molecule has 0 aliphatic carbocycles. The van der Waals surface area contributed by atoms with Gasteiger partial charge in [0.15, 0.2) is 5.76 Å². The molecular weight excluding hydrogens is 726 g/mol. The second kappa shape index (κ2) is 11.3. The Hall–Kier alpha value is -3.24. The number of ether oxygens (including phenoxy) is 1. The van der Waals surface area contributed by atoms with Gasteiger partial charge in [0.05, 0.1) is 17.1 Å². The topological polar surface area (TPSA) is 69.6 Å². The first-order chi connectivity index (χ1) is 19.4. The second-order valence-corrected chi connectivity index (χ2v) is 11.9. The second-order valence-electron chi connectivity index (χ2n) is 8.81. The van der Waals surface area contributed by atoms with Crippen LogP contribution < -0.4 is 10.3 Å². The van der Waals surface area contributed by atoms with Gasteiger partial charge in [0, 0.05) is 35.0 Å². The number of nitrogens with zero attached hydrogens (tertiary/aromatic N) is 3. The Labute approximate surface area is 258 Å². The van der Waals surface area contributed by atoms with E-state index in [0.717, 1.165) is 24.4 Å². The molecule has 0 bridgehead atoms.